The summed E-state index contributed by atoms with van der Waals surface area (Å²) >= 11 is 5.82. The van der Waals surface area contributed by atoms with Crippen LogP contribution < -0.4 is 10.1 Å². The van der Waals surface area contributed by atoms with Crippen LogP contribution in [0.2, 0.25) is 0 Å². The van der Waals surface area contributed by atoms with Crippen LogP contribution in [0.1, 0.15) is 18.1 Å². The minimum Gasteiger partial charge on any atom is -0.478 e. The minimum absolute atomic E-state index is 0.534. The van der Waals surface area contributed by atoms with Crippen molar-refractivity contribution >= 4 is 17.4 Å². The molecule has 19 heavy (non-hydrogen) atoms. The molecule has 2 rings (SSSR count). The first-order valence-corrected chi connectivity index (χ1v) is 6.82. The molecule has 100 valence electrons. The largest absolute Gasteiger partial charge is 0.478 e. The number of nitrogens with one attached hydrogen (secondary N) is 1. The number of alkyl halides is 1. The number of hydrogen-bond acceptors (Lipinski definition) is 3. The van der Waals surface area contributed by atoms with Gasteiger partial charge in [0.15, 0.2) is 0 Å². The van der Waals surface area contributed by atoms with E-state index in [2.05, 4.69) is 22.4 Å². The van der Waals surface area contributed by atoms with E-state index < -0.39 is 0 Å². The molecule has 0 spiro atoms. The summed E-state index contributed by atoms with van der Waals surface area (Å²) < 4.78 is 5.37. The van der Waals surface area contributed by atoms with Crippen LogP contribution in [-0.2, 0) is 12.4 Å². The molecule has 0 aliphatic heterocycles. The molecule has 0 aliphatic carbocycles. The van der Waals surface area contributed by atoms with Crippen molar-refractivity contribution in [2.75, 3.05) is 11.9 Å². The summed E-state index contributed by atoms with van der Waals surface area (Å²) in [6.45, 7) is 3.28. The Labute approximate surface area is 118 Å². The number of hydrogen-bond donors (Lipinski definition) is 1. The molecule has 1 aromatic carbocycles. The van der Waals surface area contributed by atoms with Crippen molar-refractivity contribution in [1.29, 1.82) is 0 Å². The zero-order valence-electron chi connectivity index (χ0n) is 10.9. The van der Waals surface area contributed by atoms with E-state index >= 15 is 0 Å². The zero-order chi connectivity index (χ0) is 13.5. The van der Waals surface area contributed by atoms with E-state index in [1.807, 2.05) is 37.3 Å². The van der Waals surface area contributed by atoms with Gasteiger partial charge in [-0.25, -0.2) is 0 Å². The first kappa shape index (κ1) is 13.7. The van der Waals surface area contributed by atoms with Gasteiger partial charge in [0.1, 0.15) is 5.82 Å². The SMILES string of the molecule is CCOc1cccc(NCc2cccc(CCl)c2)n1. The summed E-state index contributed by atoms with van der Waals surface area (Å²) in [5.41, 5.74) is 2.30. The molecule has 3 nitrogen and oxygen atoms in total. The van der Waals surface area contributed by atoms with Gasteiger partial charge in [-0.15, -0.1) is 11.6 Å². The van der Waals surface area contributed by atoms with Gasteiger partial charge in [-0.2, -0.15) is 4.98 Å². The van der Waals surface area contributed by atoms with E-state index in [-0.39, 0.29) is 0 Å². The summed E-state index contributed by atoms with van der Waals surface area (Å²) in [6.07, 6.45) is 0. The summed E-state index contributed by atoms with van der Waals surface area (Å²) in [5.74, 6) is 1.98. The molecule has 0 atom stereocenters. The Bertz CT molecular complexity index is 531. The van der Waals surface area contributed by atoms with E-state index in [4.69, 9.17) is 16.3 Å². The van der Waals surface area contributed by atoms with Gasteiger partial charge in [0.05, 0.1) is 6.61 Å². The van der Waals surface area contributed by atoms with Crippen molar-refractivity contribution < 1.29 is 4.74 Å². The zero-order valence-corrected chi connectivity index (χ0v) is 11.7. The Morgan fingerprint density at radius 3 is 2.74 bits per heavy atom. The Morgan fingerprint density at radius 2 is 1.95 bits per heavy atom. The maximum Gasteiger partial charge on any atom is 0.215 e. The normalized spacial score (nSPS) is 10.2. The fraction of sp³-hybridized carbons (Fsp3) is 0.267. The van der Waals surface area contributed by atoms with Gasteiger partial charge in [-0.1, -0.05) is 30.3 Å². The molecule has 0 saturated carbocycles. The predicted molar refractivity (Wildman–Crippen MR) is 78.7 cm³/mol. The quantitative estimate of drug-likeness (QED) is 0.814. The highest BCUT2D eigenvalue weighted by Crippen LogP contribution is 2.13. The number of anilines is 1. The number of ether oxygens (including phenoxy) is 1. The molecule has 0 unspecified atom stereocenters. The highest BCUT2D eigenvalue weighted by Gasteiger charge is 1.99. The van der Waals surface area contributed by atoms with Crippen LogP contribution in [0.15, 0.2) is 42.5 Å². The van der Waals surface area contributed by atoms with Crippen molar-refractivity contribution in [3.05, 3.63) is 53.6 Å². The number of nitrogens with zero attached hydrogens (tertiary/aromatic N) is 1. The van der Waals surface area contributed by atoms with Gasteiger partial charge in [-0.3, -0.25) is 0 Å². The van der Waals surface area contributed by atoms with Crippen molar-refractivity contribution in [1.82, 2.24) is 4.98 Å². The first-order chi connectivity index (χ1) is 9.31. The van der Waals surface area contributed by atoms with Crippen LogP contribution in [0.5, 0.6) is 5.88 Å². The molecule has 0 fully saturated rings. The number of aromatic nitrogens is 1. The molecule has 0 aliphatic rings. The van der Waals surface area contributed by atoms with Crippen LogP contribution in [-0.4, -0.2) is 11.6 Å². The number of pyridine rings is 1. The predicted octanol–water partition coefficient (Wildman–Crippen LogP) is 3.83. The second-order valence-electron chi connectivity index (χ2n) is 4.10. The fourth-order valence-electron chi connectivity index (χ4n) is 1.76. The average molecular weight is 277 g/mol. The highest BCUT2D eigenvalue weighted by molar-refractivity contribution is 6.17. The first-order valence-electron chi connectivity index (χ1n) is 6.29. The molecule has 1 aromatic heterocycles. The van der Waals surface area contributed by atoms with Crippen LogP contribution in [0, 0.1) is 0 Å². The van der Waals surface area contributed by atoms with E-state index in [0.717, 1.165) is 11.4 Å². The number of rotatable bonds is 6. The Balaban J connectivity index is 1.99. The standard InChI is InChI=1S/C15H17ClN2O/c1-2-19-15-8-4-7-14(18-15)17-11-13-6-3-5-12(9-13)10-16/h3-9H,2,10-11H2,1H3,(H,17,18). The number of benzene rings is 1. The van der Waals surface area contributed by atoms with Crippen LogP contribution in [0.4, 0.5) is 5.82 Å². The summed E-state index contributed by atoms with van der Waals surface area (Å²) in [6, 6.07) is 13.9. The van der Waals surface area contributed by atoms with E-state index in [1.165, 1.54) is 5.56 Å². The lowest BCUT2D eigenvalue weighted by Gasteiger charge is -2.08. The molecule has 1 heterocycles. The lowest BCUT2D eigenvalue weighted by Crippen LogP contribution is -2.03. The Hall–Kier alpha value is -1.74. The molecule has 0 saturated heterocycles. The number of halogens is 1. The second kappa shape index (κ2) is 7.00. The Morgan fingerprint density at radius 1 is 1.16 bits per heavy atom. The lowest BCUT2D eigenvalue weighted by molar-refractivity contribution is 0.327. The monoisotopic (exact) mass is 276 g/mol. The van der Waals surface area contributed by atoms with Gasteiger partial charge < -0.3 is 10.1 Å². The smallest absolute Gasteiger partial charge is 0.215 e. The fourth-order valence-corrected chi connectivity index (χ4v) is 1.92. The molecule has 0 radical (unpaired) electrons. The van der Waals surface area contributed by atoms with E-state index in [1.54, 1.807) is 0 Å². The third-order valence-corrected chi connectivity index (χ3v) is 2.94. The maximum atomic E-state index is 5.82. The third kappa shape index (κ3) is 4.14. The summed E-state index contributed by atoms with van der Waals surface area (Å²) in [4.78, 5) is 4.36. The van der Waals surface area contributed by atoms with Crippen molar-refractivity contribution in [3.63, 3.8) is 0 Å². The van der Waals surface area contributed by atoms with Crippen LogP contribution in [0.25, 0.3) is 0 Å². The minimum atomic E-state index is 0.534. The van der Waals surface area contributed by atoms with E-state index in [0.29, 0.717) is 24.9 Å². The van der Waals surface area contributed by atoms with Gasteiger partial charge in [-0.05, 0) is 24.1 Å². The molecule has 4 heteroatoms. The topological polar surface area (TPSA) is 34.1 Å². The van der Waals surface area contributed by atoms with Gasteiger partial charge >= 0.3 is 0 Å². The van der Waals surface area contributed by atoms with Gasteiger partial charge in [0.2, 0.25) is 5.88 Å². The molecular weight excluding hydrogens is 260 g/mol. The third-order valence-electron chi connectivity index (χ3n) is 2.64. The van der Waals surface area contributed by atoms with Crippen molar-refractivity contribution in [3.8, 4) is 5.88 Å². The molecule has 2 aromatic rings. The van der Waals surface area contributed by atoms with E-state index in [9.17, 15) is 0 Å². The van der Waals surface area contributed by atoms with Gasteiger partial charge in [0, 0.05) is 18.5 Å². The average Bonchev–Trinajstić information content (AvgIpc) is 2.46. The van der Waals surface area contributed by atoms with Crippen molar-refractivity contribution in [2.24, 2.45) is 0 Å². The summed E-state index contributed by atoms with van der Waals surface area (Å²) in [5, 5.41) is 3.28. The lowest BCUT2D eigenvalue weighted by atomic mass is 10.1. The maximum absolute atomic E-state index is 5.82. The Kier molecular flexibility index (Phi) is 5.04. The van der Waals surface area contributed by atoms with Crippen molar-refractivity contribution in [2.45, 2.75) is 19.3 Å². The van der Waals surface area contributed by atoms with Crippen LogP contribution >= 0.6 is 11.6 Å². The van der Waals surface area contributed by atoms with Crippen LogP contribution in [0.3, 0.4) is 0 Å². The highest BCUT2D eigenvalue weighted by atomic mass is 35.5. The molecule has 1 N–H and O–H groups in total. The molecule has 0 bridgehead atoms. The molecular formula is C15H17ClN2O. The van der Waals surface area contributed by atoms with Gasteiger partial charge in [0.25, 0.3) is 0 Å². The molecule has 0 amide bonds. The summed E-state index contributed by atoms with van der Waals surface area (Å²) in [7, 11) is 0. The second-order valence-corrected chi connectivity index (χ2v) is 4.37.